The highest BCUT2D eigenvalue weighted by molar-refractivity contribution is 5.81. The molecule has 0 unspecified atom stereocenters. The van der Waals surface area contributed by atoms with Gasteiger partial charge >= 0.3 is 0 Å². The average Bonchev–Trinajstić information content (AvgIpc) is 2.52. The first-order chi connectivity index (χ1) is 6.88. The van der Waals surface area contributed by atoms with Crippen LogP contribution in [0.3, 0.4) is 0 Å². The van der Waals surface area contributed by atoms with Crippen molar-refractivity contribution in [3.05, 3.63) is 11.9 Å². The molecule has 1 rings (SSSR count). The van der Waals surface area contributed by atoms with Crippen molar-refractivity contribution in [1.82, 2.24) is 20.7 Å². The molecule has 2 N–H and O–H groups in total. The summed E-state index contributed by atoms with van der Waals surface area (Å²) in [5, 5.41) is 13.3. The van der Waals surface area contributed by atoms with Gasteiger partial charge < -0.3 is 5.32 Å². The van der Waals surface area contributed by atoms with Gasteiger partial charge in [-0.1, -0.05) is 5.21 Å². The highest BCUT2D eigenvalue weighted by Crippen LogP contribution is 2.06. The Hall–Kier alpha value is -1.23. The average molecular weight is 210 g/mol. The van der Waals surface area contributed by atoms with Gasteiger partial charge in [0, 0.05) is 12.0 Å². The number of Topliss-reactive ketones (excluding diaryl/α,β-unsaturated/α-hetero) is 1. The Morgan fingerprint density at radius 1 is 1.60 bits per heavy atom. The fourth-order valence-electron chi connectivity index (χ4n) is 1.36. The molecule has 0 radical (unpaired) electrons. The molecule has 0 amide bonds. The minimum atomic E-state index is -0.188. The number of aromatic nitrogens is 3. The summed E-state index contributed by atoms with van der Waals surface area (Å²) < 4.78 is 0. The third kappa shape index (κ3) is 4.20. The molecule has 0 aromatic carbocycles. The first-order valence-corrected chi connectivity index (χ1v) is 5.01. The summed E-state index contributed by atoms with van der Waals surface area (Å²) in [6.45, 7) is 7.70. The molecule has 0 aliphatic rings. The number of hydrogen-bond donors (Lipinski definition) is 2. The molecule has 5 heteroatoms. The van der Waals surface area contributed by atoms with E-state index < -0.39 is 0 Å². The van der Waals surface area contributed by atoms with Crippen molar-refractivity contribution >= 4 is 5.78 Å². The van der Waals surface area contributed by atoms with E-state index in [4.69, 9.17) is 0 Å². The summed E-state index contributed by atoms with van der Waals surface area (Å²) in [6.07, 6.45) is 2.24. The summed E-state index contributed by atoms with van der Waals surface area (Å²) in [7, 11) is 0. The number of ketones is 1. The predicted molar refractivity (Wildman–Crippen MR) is 57.4 cm³/mol. The monoisotopic (exact) mass is 210 g/mol. The van der Waals surface area contributed by atoms with Gasteiger partial charge in [0.15, 0.2) is 0 Å². The van der Waals surface area contributed by atoms with Crippen LogP contribution in [0.25, 0.3) is 0 Å². The van der Waals surface area contributed by atoms with E-state index in [0.717, 1.165) is 5.69 Å². The maximum atomic E-state index is 11.4. The van der Waals surface area contributed by atoms with Gasteiger partial charge in [-0.15, -0.1) is 5.10 Å². The van der Waals surface area contributed by atoms with E-state index in [0.29, 0.717) is 6.42 Å². The lowest BCUT2D eigenvalue weighted by Gasteiger charge is -2.26. The second-order valence-corrected chi connectivity index (χ2v) is 4.74. The molecule has 1 heterocycles. The van der Waals surface area contributed by atoms with Gasteiger partial charge in [-0.3, -0.25) is 9.89 Å². The van der Waals surface area contributed by atoms with E-state index in [1.165, 1.54) is 0 Å². The van der Waals surface area contributed by atoms with Crippen LogP contribution in [0.1, 0.15) is 33.4 Å². The van der Waals surface area contributed by atoms with Crippen molar-refractivity contribution in [1.29, 1.82) is 0 Å². The fourth-order valence-corrected chi connectivity index (χ4v) is 1.36. The van der Waals surface area contributed by atoms with E-state index in [1.807, 2.05) is 20.8 Å². The third-order valence-electron chi connectivity index (χ3n) is 1.99. The van der Waals surface area contributed by atoms with Crippen LogP contribution >= 0.6 is 0 Å². The molecule has 5 nitrogen and oxygen atoms in total. The number of rotatable bonds is 4. The molecule has 84 valence electrons. The van der Waals surface area contributed by atoms with E-state index >= 15 is 0 Å². The maximum absolute atomic E-state index is 11.4. The highest BCUT2D eigenvalue weighted by atomic mass is 16.1. The van der Waals surface area contributed by atoms with Crippen LogP contribution in [-0.2, 0) is 11.2 Å². The lowest BCUT2D eigenvalue weighted by Crippen LogP contribution is -2.48. The summed E-state index contributed by atoms with van der Waals surface area (Å²) in [5.41, 5.74) is 0.788. The molecular formula is C10H18N4O. The van der Waals surface area contributed by atoms with Gasteiger partial charge in [0.1, 0.15) is 5.78 Å². The lowest BCUT2D eigenvalue weighted by molar-refractivity contribution is -0.119. The topological polar surface area (TPSA) is 70.7 Å². The summed E-state index contributed by atoms with van der Waals surface area (Å²) in [6, 6.07) is -0.188. The van der Waals surface area contributed by atoms with E-state index in [2.05, 4.69) is 20.7 Å². The van der Waals surface area contributed by atoms with Crippen LogP contribution in [0.2, 0.25) is 0 Å². The largest absolute Gasteiger partial charge is 0.302 e. The molecular weight excluding hydrogens is 192 g/mol. The summed E-state index contributed by atoms with van der Waals surface area (Å²) in [4.78, 5) is 11.4. The van der Waals surface area contributed by atoms with Crippen LogP contribution in [0, 0.1) is 0 Å². The first-order valence-electron chi connectivity index (χ1n) is 5.01. The molecule has 0 aliphatic carbocycles. The molecule has 0 bridgehead atoms. The first kappa shape index (κ1) is 11.8. The predicted octanol–water partition coefficient (Wildman–Crippen LogP) is 0.693. The maximum Gasteiger partial charge on any atom is 0.147 e. The van der Waals surface area contributed by atoms with Gasteiger partial charge in [-0.25, -0.2) is 0 Å². The molecule has 0 spiro atoms. The Labute approximate surface area is 89.6 Å². The van der Waals surface area contributed by atoms with Crippen molar-refractivity contribution in [3.8, 4) is 0 Å². The Balaban J connectivity index is 2.63. The number of aromatic amines is 1. The van der Waals surface area contributed by atoms with Crippen LogP contribution in [0.15, 0.2) is 6.20 Å². The van der Waals surface area contributed by atoms with Gasteiger partial charge in [0.25, 0.3) is 0 Å². The molecule has 0 saturated carbocycles. The fraction of sp³-hybridized carbons (Fsp3) is 0.700. The van der Waals surface area contributed by atoms with Gasteiger partial charge in [0.2, 0.25) is 0 Å². The molecule has 0 fully saturated rings. The molecule has 1 aromatic heterocycles. The second kappa shape index (κ2) is 4.53. The summed E-state index contributed by atoms with van der Waals surface area (Å²) in [5.74, 6) is 0.125. The number of carbonyl (C=O) groups excluding carboxylic acids is 1. The highest BCUT2D eigenvalue weighted by Gasteiger charge is 2.21. The number of nitrogens with zero attached hydrogens (tertiary/aromatic N) is 2. The van der Waals surface area contributed by atoms with Crippen LogP contribution in [0.5, 0.6) is 0 Å². The SMILES string of the molecule is CC(=O)[C@H](Cc1cnn[nH]1)NC(C)(C)C. The number of H-pyrrole nitrogens is 1. The van der Waals surface area contributed by atoms with Crippen molar-refractivity contribution in [2.45, 2.75) is 45.7 Å². The number of hydrogen-bond acceptors (Lipinski definition) is 4. The zero-order valence-corrected chi connectivity index (χ0v) is 9.66. The smallest absolute Gasteiger partial charge is 0.147 e. The van der Waals surface area contributed by atoms with Gasteiger partial charge in [-0.05, 0) is 27.7 Å². The minimum absolute atomic E-state index is 0.0796. The second-order valence-electron chi connectivity index (χ2n) is 4.74. The van der Waals surface area contributed by atoms with Crippen molar-refractivity contribution in [2.24, 2.45) is 0 Å². The zero-order valence-electron chi connectivity index (χ0n) is 9.66. The van der Waals surface area contributed by atoms with Crippen molar-refractivity contribution in [2.75, 3.05) is 0 Å². The third-order valence-corrected chi connectivity index (χ3v) is 1.99. The number of carbonyl (C=O) groups is 1. The summed E-state index contributed by atoms with van der Waals surface area (Å²) >= 11 is 0. The van der Waals surface area contributed by atoms with E-state index in [1.54, 1.807) is 13.1 Å². The molecule has 1 aromatic rings. The molecule has 15 heavy (non-hydrogen) atoms. The zero-order chi connectivity index (χ0) is 11.5. The Bertz CT molecular complexity index is 313. The molecule has 0 saturated heterocycles. The lowest BCUT2D eigenvalue weighted by atomic mass is 10.0. The van der Waals surface area contributed by atoms with E-state index in [-0.39, 0.29) is 17.4 Å². The molecule has 1 atom stereocenters. The Kier molecular flexibility index (Phi) is 3.57. The minimum Gasteiger partial charge on any atom is -0.302 e. The van der Waals surface area contributed by atoms with Crippen LogP contribution < -0.4 is 5.32 Å². The van der Waals surface area contributed by atoms with Crippen molar-refractivity contribution < 1.29 is 4.79 Å². The van der Waals surface area contributed by atoms with E-state index in [9.17, 15) is 4.79 Å². The molecule has 0 aliphatic heterocycles. The van der Waals surface area contributed by atoms with Crippen LogP contribution in [0.4, 0.5) is 0 Å². The standard InChI is InChI=1S/C10H18N4O/c1-7(15)9(12-10(2,3)4)5-8-6-11-14-13-8/h6,9,12H,5H2,1-4H3,(H,11,13,14)/t9-/m0/s1. The van der Waals surface area contributed by atoms with Gasteiger partial charge in [-0.2, -0.15) is 0 Å². The van der Waals surface area contributed by atoms with Crippen molar-refractivity contribution in [3.63, 3.8) is 0 Å². The Morgan fingerprint density at radius 3 is 2.67 bits per heavy atom. The quantitative estimate of drug-likeness (QED) is 0.767. The Morgan fingerprint density at radius 2 is 2.27 bits per heavy atom. The van der Waals surface area contributed by atoms with Crippen LogP contribution in [-0.4, -0.2) is 32.8 Å². The van der Waals surface area contributed by atoms with Gasteiger partial charge in [0.05, 0.1) is 17.9 Å². The normalized spacial score (nSPS) is 13.9. The number of nitrogens with one attached hydrogen (secondary N) is 2.